The Bertz CT molecular complexity index is 821. The predicted molar refractivity (Wildman–Crippen MR) is 72.6 cm³/mol. The second kappa shape index (κ2) is 4.47. The Morgan fingerprint density at radius 1 is 1.19 bits per heavy atom. The van der Waals surface area contributed by atoms with Crippen LogP contribution in [0.5, 0.6) is 0 Å². The molecule has 0 radical (unpaired) electrons. The van der Waals surface area contributed by atoms with Gasteiger partial charge in [-0.2, -0.15) is 18.3 Å². The minimum Gasteiger partial charge on any atom is -0.396 e. The maximum absolute atomic E-state index is 13.1. The lowest BCUT2D eigenvalue weighted by molar-refractivity contribution is -0.137. The number of nitrogens with zero attached hydrogens (tertiary/aromatic N) is 3. The van der Waals surface area contributed by atoms with Crippen LogP contribution >= 0.6 is 0 Å². The van der Waals surface area contributed by atoms with Crippen LogP contribution in [-0.2, 0) is 6.18 Å². The lowest BCUT2D eigenvalue weighted by Crippen LogP contribution is -2.07. The van der Waals surface area contributed by atoms with Gasteiger partial charge in [-0.1, -0.05) is 18.2 Å². The number of hydrogen-bond donors (Lipinski definition) is 1. The Morgan fingerprint density at radius 3 is 2.62 bits per heavy atom. The molecule has 21 heavy (non-hydrogen) atoms. The van der Waals surface area contributed by atoms with Crippen molar-refractivity contribution >= 4 is 11.3 Å². The molecule has 7 heteroatoms. The monoisotopic (exact) mass is 292 g/mol. The number of benzene rings is 1. The molecular formula is C14H11F3N4. The summed E-state index contributed by atoms with van der Waals surface area (Å²) in [6.07, 6.45) is -2.97. The summed E-state index contributed by atoms with van der Waals surface area (Å²) in [6.45, 7) is 1.73. The number of fused-ring (bicyclic) bond motifs is 1. The van der Waals surface area contributed by atoms with E-state index in [9.17, 15) is 13.2 Å². The number of rotatable bonds is 1. The van der Waals surface area contributed by atoms with Crippen LogP contribution < -0.4 is 5.73 Å². The van der Waals surface area contributed by atoms with Crippen molar-refractivity contribution in [3.63, 3.8) is 0 Å². The van der Waals surface area contributed by atoms with E-state index in [0.717, 1.165) is 6.07 Å². The second-order valence-electron chi connectivity index (χ2n) is 4.64. The molecule has 0 spiro atoms. The fraction of sp³-hybridized carbons (Fsp3) is 0.143. The van der Waals surface area contributed by atoms with Crippen molar-refractivity contribution in [2.75, 3.05) is 5.73 Å². The number of aromatic nitrogens is 3. The summed E-state index contributed by atoms with van der Waals surface area (Å²) in [5.74, 6) is 0. The van der Waals surface area contributed by atoms with Gasteiger partial charge < -0.3 is 5.73 Å². The quantitative estimate of drug-likeness (QED) is 0.748. The van der Waals surface area contributed by atoms with Crippen LogP contribution in [0.25, 0.3) is 16.9 Å². The molecule has 2 aromatic heterocycles. The second-order valence-corrected chi connectivity index (χ2v) is 4.64. The molecule has 4 nitrogen and oxygen atoms in total. The summed E-state index contributed by atoms with van der Waals surface area (Å²) in [4.78, 5) is 4.07. The Kier molecular flexibility index (Phi) is 2.86. The van der Waals surface area contributed by atoms with Gasteiger partial charge in [0.05, 0.1) is 28.8 Å². The average molecular weight is 292 g/mol. The van der Waals surface area contributed by atoms with Crippen molar-refractivity contribution in [3.05, 3.63) is 47.8 Å². The Hall–Kier alpha value is -2.57. The SMILES string of the molecule is Cc1c(N)cnc2cc(-c3ccccc3C(F)(F)F)nn12. The highest BCUT2D eigenvalue weighted by atomic mass is 19.4. The Morgan fingerprint density at radius 2 is 1.90 bits per heavy atom. The molecule has 0 aliphatic heterocycles. The van der Waals surface area contributed by atoms with Crippen molar-refractivity contribution in [2.24, 2.45) is 0 Å². The number of alkyl halides is 3. The molecular weight excluding hydrogens is 281 g/mol. The van der Waals surface area contributed by atoms with Crippen LogP contribution in [0.15, 0.2) is 36.5 Å². The third kappa shape index (κ3) is 2.20. The molecule has 0 saturated carbocycles. The van der Waals surface area contributed by atoms with E-state index in [1.54, 1.807) is 13.0 Å². The van der Waals surface area contributed by atoms with E-state index in [1.807, 2.05) is 0 Å². The molecule has 3 aromatic rings. The lowest BCUT2D eigenvalue weighted by atomic mass is 10.0. The summed E-state index contributed by atoms with van der Waals surface area (Å²) in [5.41, 5.74) is 6.76. The number of nitrogens with two attached hydrogens (primary N) is 1. The smallest absolute Gasteiger partial charge is 0.396 e. The highest BCUT2D eigenvalue weighted by molar-refractivity contribution is 5.68. The van der Waals surface area contributed by atoms with Gasteiger partial charge in [0.2, 0.25) is 0 Å². The van der Waals surface area contributed by atoms with E-state index in [1.165, 1.54) is 28.9 Å². The van der Waals surface area contributed by atoms with Crippen LogP contribution in [0.3, 0.4) is 0 Å². The third-order valence-electron chi connectivity index (χ3n) is 3.27. The van der Waals surface area contributed by atoms with Gasteiger partial charge in [0.1, 0.15) is 0 Å². The topological polar surface area (TPSA) is 56.2 Å². The normalized spacial score (nSPS) is 12.0. The zero-order chi connectivity index (χ0) is 15.2. The highest BCUT2D eigenvalue weighted by Crippen LogP contribution is 2.36. The summed E-state index contributed by atoms with van der Waals surface area (Å²) in [6, 6.07) is 6.83. The maximum atomic E-state index is 13.1. The van der Waals surface area contributed by atoms with Crippen molar-refractivity contribution in [3.8, 4) is 11.3 Å². The number of anilines is 1. The van der Waals surface area contributed by atoms with Crippen molar-refractivity contribution in [1.82, 2.24) is 14.6 Å². The van der Waals surface area contributed by atoms with Crippen molar-refractivity contribution in [2.45, 2.75) is 13.1 Å². The van der Waals surface area contributed by atoms with Gasteiger partial charge in [0.15, 0.2) is 5.65 Å². The van der Waals surface area contributed by atoms with E-state index in [-0.39, 0.29) is 11.3 Å². The molecule has 2 N–H and O–H groups in total. The summed E-state index contributed by atoms with van der Waals surface area (Å²) < 4.78 is 40.6. The number of nitrogen functional groups attached to an aromatic ring is 1. The molecule has 0 fully saturated rings. The Balaban J connectivity index is 2.25. The highest BCUT2D eigenvalue weighted by Gasteiger charge is 2.33. The molecule has 0 atom stereocenters. The van der Waals surface area contributed by atoms with Crippen LogP contribution in [0.2, 0.25) is 0 Å². The molecule has 3 rings (SSSR count). The molecule has 1 aromatic carbocycles. The molecule has 0 saturated heterocycles. The van der Waals surface area contributed by atoms with Gasteiger partial charge >= 0.3 is 6.18 Å². The van der Waals surface area contributed by atoms with Crippen LogP contribution in [0.4, 0.5) is 18.9 Å². The van der Waals surface area contributed by atoms with Gasteiger partial charge in [-0.15, -0.1) is 0 Å². The fourth-order valence-corrected chi connectivity index (χ4v) is 2.15. The van der Waals surface area contributed by atoms with Crippen LogP contribution in [0, 0.1) is 6.92 Å². The number of aryl methyl sites for hydroxylation is 1. The van der Waals surface area contributed by atoms with Crippen LogP contribution in [-0.4, -0.2) is 14.6 Å². The van der Waals surface area contributed by atoms with Gasteiger partial charge in [0, 0.05) is 11.6 Å². The van der Waals surface area contributed by atoms with Crippen molar-refractivity contribution < 1.29 is 13.2 Å². The van der Waals surface area contributed by atoms with E-state index >= 15 is 0 Å². The summed E-state index contributed by atoms with van der Waals surface area (Å²) >= 11 is 0. The minimum absolute atomic E-state index is 0.0217. The van der Waals surface area contributed by atoms with E-state index in [2.05, 4.69) is 10.1 Å². The molecule has 0 aliphatic rings. The summed E-state index contributed by atoms with van der Waals surface area (Å²) in [5, 5.41) is 4.19. The first-order valence-corrected chi connectivity index (χ1v) is 6.15. The van der Waals surface area contributed by atoms with E-state index in [4.69, 9.17) is 5.73 Å². The predicted octanol–water partition coefficient (Wildman–Crippen LogP) is 3.31. The molecule has 0 bridgehead atoms. The lowest BCUT2D eigenvalue weighted by Gasteiger charge is -2.10. The first kappa shape index (κ1) is 13.4. The largest absolute Gasteiger partial charge is 0.417 e. The van der Waals surface area contributed by atoms with Gasteiger partial charge in [0.25, 0.3) is 0 Å². The zero-order valence-electron chi connectivity index (χ0n) is 11.0. The Labute approximate surface area is 118 Å². The molecule has 108 valence electrons. The van der Waals surface area contributed by atoms with Gasteiger partial charge in [-0.25, -0.2) is 9.50 Å². The third-order valence-corrected chi connectivity index (χ3v) is 3.27. The van der Waals surface area contributed by atoms with Crippen LogP contribution in [0.1, 0.15) is 11.3 Å². The average Bonchev–Trinajstić information content (AvgIpc) is 2.87. The standard InChI is InChI=1S/C14H11F3N4/c1-8-11(18)7-19-13-6-12(20-21(8)13)9-4-2-3-5-10(9)14(15,16)17/h2-7H,18H2,1H3. The molecule has 2 heterocycles. The van der Waals surface area contributed by atoms with Crippen molar-refractivity contribution in [1.29, 1.82) is 0 Å². The van der Waals surface area contributed by atoms with E-state index < -0.39 is 11.7 Å². The summed E-state index contributed by atoms with van der Waals surface area (Å²) in [7, 11) is 0. The van der Waals surface area contributed by atoms with Gasteiger partial charge in [-0.3, -0.25) is 0 Å². The molecule has 0 aliphatic carbocycles. The first-order chi connectivity index (χ1) is 9.88. The minimum atomic E-state index is -4.44. The molecule has 0 unspecified atom stereocenters. The van der Waals surface area contributed by atoms with E-state index in [0.29, 0.717) is 17.0 Å². The zero-order valence-corrected chi connectivity index (χ0v) is 11.0. The first-order valence-electron chi connectivity index (χ1n) is 6.15. The van der Waals surface area contributed by atoms with Gasteiger partial charge in [-0.05, 0) is 13.0 Å². The maximum Gasteiger partial charge on any atom is 0.417 e. The number of halogens is 3. The molecule has 0 amide bonds. The number of hydrogen-bond acceptors (Lipinski definition) is 3. The fourth-order valence-electron chi connectivity index (χ4n) is 2.15.